The number of unbranched alkanes of at least 4 members (excludes halogenated alkanes) is 2. The predicted molar refractivity (Wildman–Crippen MR) is 69.1 cm³/mol. The smallest absolute Gasteiger partial charge is 0.138 e. The highest BCUT2D eigenvalue weighted by molar-refractivity contribution is 5.25. The van der Waals surface area contributed by atoms with Gasteiger partial charge >= 0.3 is 0 Å². The summed E-state index contributed by atoms with van der Waals surface area (Å²) in [5.41, 5.74) is 0.847. The highest BCUT2D eigenvalue weighted by atomic mass is 16.5. The van der Waals surface area contributed by atoms with Crippen molar-refractivity contribution in [2.75, 3.05) is 0 Å². The van der Waals surface area contributed by atoms with Gasteiger partial charge in [0.2, 0.25) is 0 Å². The van der Waals surface area contributed by atoms with Gasteiger partial charge in [0.05, 0.1) is 18.4 Å². The normalized spacial score (nSPS) is 12.8. The van der Waals surface area contributed by atoms with E-state index in [1.54, 1.807) is 12.4 Å². The van der Waals surface area contributed by atoms with Gasteiger partial charge in [0, 0.05) is 11.8 Å². The number of hydrogen-bond donors (Lipinski definition) is 1. The first-order valence-electron chi connectivity index (χ1n) is 6.43. The summed E-state index contributed by atoms with van der Waals surface area (Å²) < 4.78 is 5.56. The minimum Gasteiger partial charge on any atom is -0.489 e. The number of hydrogen-bond acceptors (Lipinski definition) is 3. The second kappa shape index (κ2) is 7.28. The van der Waals surface area contributed by atoms with E-state index in [1.165, 1.54) is 6.42 Å². The summed E-state index contributed by atoms with van der Waals surface area (Å²) in [7, 11) is 0. The lowest BCUT2D eigenvalue weighted by Crippen LogP contribution is -2.07. The van der Waals surface area contributed by atoms with E-state index in [-0.39, 0.29) is 6.10 Å². The van der Waals surface area contributed by atoms with Gasteiger partial charge in [-0.05, 0) is 26.3 Å². The van der Waals surface area contributed by atoms with Crippen LogP contribution in [0.1, 0.15) is 58.1 Å². The van der Waals surface area contributed by atoms with Gasteiger partial charge < -0.3 is 9.84 Å². The van der Waals surface area contributed by atoms with Crippen LogP contribution in [-0.4, -0.2) is 16.2 Å². The Hall–Kier alpha value is -1.09. The topological polar surface area (TPSA) is 42.4 Å². The van der Waals surface area contributed by atoms with Crippen molar-refractivity contribution in [1.82, 2.24) is 4.98 Å². The van der Waals surface area contributed by atoms with Crippen LogP contribution in [0.25, 0.3) is 0 Å². The molecule has 0 amide bonds. The Morgan fingerprint density at radius 1 is 1.29 bits per heavy atom. The van der Waals surface area contributed by atoms with E-state index in [4.69, 9.17) is 4.74 Å². The monoisotopic (exact) mass is 237 g/mol. The standard InChI is InChI=1S/C14H23NO2/c1-4-5-6-7-14(16)12-8-13(10-15-9-12)17-11(2)3/h8-11,14,16H,4-7H2,1-3H3. The zero-order valence-electron chi connectivity index (χ0n) is 11.0. The maximum absolute atomic E-state index is 10.0. The molecule has 1 atom stereocenters. The van der Waals surface area contributed by atoms with Gasteiger partial charge in [0.25, 0.3) is 0 Å². The molecule has 0 bridgehead atoms. The summed E-state index contributed by atoms with van der Waals surface area (Å²) in [6.07, 6.45) is 7.27. The average Bonchev–Trinajstić information content (AvgIpc) is 2.28. The number of aromatic nitrogens is 1. The van der Waals surface area contributed by atoms with E-state index in [9.17, 15) is 5.11 Å². The Morgan fingerprint density at radius 3 is 2.71 bits per heavy atom. The Labute approximate surface area is 104 Å². The first-order chi connectivity index (χ1) is 8.13. The van der Waals surface area contributed by atoms with E-state index in [2.05, 4.69) is 11.9 Å². The fourth-order valence-corrected chi connectivity index (χ4v) is 1.71. The van der Waals surface area contributed by atoms with Gasteiger partial charge in [0.15, 0.2) is 0 Å². The maximum Gasteiger partial charge on any atom is 0.138 e. The average molecular weight is 237 g/mol. The second-order valence-electron chi connectivity index (χ2n) is 4.63. The summed E-state index contributed by atoms with van der Waals surface area (Å²) in [5.74, 6) is 0.729. The SMILES string of the molecule is CCCCCC(O)c1cncc(OC(C)C)c1. The quantitative estimate of drug-likeness (QED) is 0.738. The molecule has 0 saturated heterocycles. The summed E-state index contributed by atoms with van der Waals surface area (Å²) in [6.45, 7) is 6.11. The molecule has 0 aliphatic rings. The van der Waals surface area contributed by atoms with E-state index in [1.807, 2.05) is 19.9 Å². The molecule has 0 fully saturated rings. The fourth-order valence-electron chi connectivity index (χ4n) is 1.71. The van der Waals surface area contributed by atoms with Crippen LogP contribution in [-0.2, 0) is 0 Å². The van der Waals surface area contributed by atoms with Crippen molar-refractivity contribution in [3.8, 4) is 5.75 Å². The lowest BCUT2D eigenvalue weighted by atomic mass is 10.0. The van der Waals surface area contributed by atoms with Gasteiger partial charge in [0.1, 0.15) is 5.75 Å². The molecule has 0 radical (unpaired) electrons. The van der Waals surface area contributed by atoms with Gasteiger partial charge in [-0.2, -0.15) is 0 Å². The molecular weight excluding hydrogens is 214 g/mol. The molecular formula is C14H23NO2. The van der Waals surface area contributed by atoms with Crippen molar-refractivity contribution in [2.24, 2.45) is 0 Å². The number of aliphatic hydroxyl groups is 1. The van der Waals surface area contributed by atoms with E-state index in [0.29, 0.717) is 0 Å². The van der Waals surface area contributed by atoms with E-state index < -0.39 is 6.10 Å². The molecule has 0 aliphatic heterocycles. The Kier molecular flexibility index (Phi) is 5.98. The van der Waals surface area contributed by atoms with Gasteiger partial charge in [-0.1, -0.05) is 26.2 Å². The molecule has 3 nitrogen and oxygen atoms in total. The lowest BCUT2D eigenvalue weighted by molar-refractivity contribution is 0.162. The van der Waals surface area contributed by atoms with Crippen LogP contribution in [0, 0.1) is 0 Å². The number of ether oxygens (including phenoxy) is 1. The molecule has 1 aromatic rings. The highest BCUT2D eigenvalue weighted by Gasteiger charge is 2.09. The van der Waals surface area contributed by atoms with E-state index >= 15 is 0 Å². The number of pyridine rings is 1. The molecule has 1 unspecified atom stereocenters. The molecule has 1 heterocycles. The number of aliphatic hydroxyl groups excluding tert-OH is 1. The molecule has 0 aliphatic carbocycles. The molecule has 1 N–H and O–H groups in total. The van der Waals surface area contributed by atoms with Gasteiger partial charge in [-0.3, -0.25) is 4.98 Å². The van der Waals surface area contributed by atoms with Crippen LogP contribution in [0.5, 0.6) is 5.75 Å². The molecule has 0 spiro atoms. The second-order valence-corrected chi connectivity index (χ2v) is 4.63. The minimum atomic E-state index is -0.426. The highest BCUT2D eigenvalue weighted by Crippen LogP contribution is 2.22. The van der Waals surface area contributed by atoms with Crippen molar-refractivity contribution in [3.63, 3.8) is 0 Å². The summed E-state index contributed by atoms with van der Waals surface area (Å²) in [6, 6.07) is 1.88. The molecule has 1 rings (SSSR count). The molecule has 0 aromatic carbocycles. The van der Waals surface area contributed by atoms with Crippen molar-refractivity contribution >= 4 is 0 Å². The summed E-state index contributed by atoms with van der Waals surface area (Å²) >= 11 is 0. The van der Waals surface area contributed by atoms with Gasteiger partial charge in [-0.25, -0.2) is 0 Å². The number of rotatable bonds is 7. The van der Waals surface area contributed by atoms with Crippen LogP contribution in [0.15, 0.2) is 18.5 Å². The fraction of sp³-hybridized carbons (Fsp3) is 0.643. The zero-order valence-corrected chi connectivity index (χ0v) is 11.0. The molecule has 1 aromatic heterocycles. The third kappa shape index (κ3) is 5.18. The Balaban J connectivity index is 2.57. The van der Waals surface area contributed by atoms with Crippen molar-refractivity contribution in [1.29, 1.82) is 0 Å². The third-order valence-corrected chi connectivity index (χ3v) is 2.57. The maximum atomic E-state index is 10.0. The van der Waals surface area contributed by atoms with Crippen molar-refractivity contribution in [2.45, 2.75) is 58.7 Å². The van der Waals surface area contributed by atoms with Crippen LogP contribution < -0.4 is 4.74 Å². The molecule has 96 valence electrons. The first-order valence-corrected chi connectivity index (χ1v) is 6.43. The van der Waals surface area contributed by atoms with Crippen LogP contribution >= 0.6 is 0 Å². The number of nitrogens with zero attached hydrogens (tertiary/aromatic N) is 1. The minimum absolute atomic E-state index is 0.129. The van der Waals surface area contributed by atoms with Crippen LogP contribution in [0.3, 0.4) is 0 Å². The molecule has 17 heavy (non-hydrogen) atoms. The largest absolute Gasteiger partial charge is 0.489 e. The summed E-state index contributed by atoms with van der Waals surface area (Å²) in [4.78, 5) is 4.10. The van der Waals surface area contributed by atoms with Gasteiger partial charge in [-0.15, -0.1) is 0 Å². The summed E-state index contributed by atoms with van der Waals surface area (Å²) in [5, 5.41) is 10.0. The predicted octanol–water partition coefficient (Wildman–Crippen LogP) is 3.48. The van der Waals surface area contributed by atoms with Crippen LogP contribution in [0.2, 0.25) is 0 Å². The Morgan fingerprint density at radius 2 is 2.06 bits per heavy atom. The molecule has 3 heteroatoms. The lowest BCUT2D eigenvalue weighted by Gasteiger charge is -2.13. The van der Waals surface area contributed by atoms with Crippen LogP contribution in [0.4, 0.5) is 0 Å². The first kappa shape index (κ1) is 14.0. The Bertz CT molecular complexity index is 326. The van der Waals surface area contributed by atoms with Crippen molar-refractivity contribution in [3.05, 3.63) is 24.0 Å². The molecule has 0 saturated carbocycles. The third-order valence-electron chi connectivity index (χ3n) is 2.57. The zero-order chi connectivity index (χ0) is 12.7. The van der Waals surface area contributed by atoms with E-state index in [0.717, 1.165) is 30.6 Å². The van der Waals surface area contributed by atoms with Crippen molar-refractivity contribution < 1.29 is 9.84 Å².